The second-order valence-electron chi connectivity index (χ2n) is 37.9. The average molecular weight is 1430 g/mol. The molecule has 1 saturated heterocycles. The fourth-order valence-electron chi connectivity index (χ4n) is 26.9. The van der Waals surface area contributed by atoms with Crippen molar-refractivity contribution in [3.63, 3.8) is 0 Å². The Labute approximate surface area is 553 Å². The van der Waals surface area contributed by atoms with Gasteiger partial charge in [0.15, 0.2) is 52.4 Å². The van der Waals surface area contributed by atoms with E-state index in [4.69, 9.17) is 0 Å². The van der Waals surface area contributed by atoms with Crippen LogP contribution in [0.2, 0.25) is 50.5 Å². The van der Waals surface area contributed by atoms with Crippen LogP contribution in [-0.2, 0) is 0 Å². The zero-order valence-corrected chi connectivity index (χ0v) is 65.3. The normalized spacial score (nSPS) is 21.9. The van der Waals surface area contributed by atoms with Gasteiger partial charge in [-0.25, -0.2) is 74.6 Å². The molecule has 1 atom stereocenters. The molecule has 4 bridgehead atoms. The summed E-state index contributed by atoms with van der Waals surface area (Å²) < 4.78 is 249. The molecule has 526 valence electrons. The molecular formula is C71H100BF17Si5. The summed E-state index contributed by atoms with van der Waals surface area (Å²) in [5.74, 6) is -49.8. The molecule has 0 amide bonds. The monoisotopic (exact) mass is 1430 g/mol. The highest BCUT2D eigenvalue weighted by atomic mass is 30.1. The van der Waals surface area contributed by atoms with Gasteiger partial charge in [-0.1, -0.05) is 193 Å². The fourth-order valence-corrected chi connectivity index (χ4v) is 217. The van der Waals surface area contributed by atoms with Gasteiger partial charge in [0.2, 0.25) is 22.0 Å². The van der Waals surface area contributed by atoms with Gasteiger partial charge in [-0.15, -0.1) is 16.4 Å². The van der Waals surface area contributed by atoms with E-state index in [0.29, 0.717) is 50.8 Å². The van der Waals surface area contributed by atoms with Gasteiger partial charge in [-0.3, -0.25) is 0 Å². The van der Waals surface area contributed by atoms with Crippen LogP contribution in [0.3, 0.4) is 0 Å². The average Bonchev–Trinajstić information content (AvgIpc) is 1.41. The molecule has 9 rings (SSSR count). The number of rotatable bonds is 8. The molecule has 23 heteroatoms. The maximum Gasteiger partial charge on any atom is 0.234 e. The van der Waals surface area contributed by atoms with Gasteiger partial charge in [0.05, 0.1) is 11.0 Å². The van der Waals surface area contributed by atoms with Crippen LogP contribution in [0.4, 0.5) is 74.6 Å². The third-order valence-corrected chi connectivity index (χ3v) is 121. The first-order chi connectivity index (χ1) is 41.9. The van der Waals surface area contributed by atoms with Gasteiger partial charge in [-0.05, 0) is 113 Å². The van der Waals surface area contributed by atoms with E-state index in [1.165, 1.54) is 0 Å². The van der Waals surface area contributed by atoms with Crippen LogP contribution >= 0.6 is 0 Å². The molecule has 1 unspecified atom stereocenters. The van der Waals surface area contributed by atoms with Gasteiger partial charge in [0, 0.05) is 6.07 Å². The van der Waals surface area contributed by atoms with E-state index >= 15 is 30.7 Å². The van der Waals surface area contributed by atoms with Crippen molar-refractivity contribution < 1.29 is 74.6 Å². The highest BCUT2D eigenvalue weighted by molar-refractivity contribution is 8.07. The van der Waals surface area contributed by atoms with E-state index in [2.05, 4.69) is 187 Å². The van der Waals surface area contributed by atoms with Crippen LogP contribution in [0.15, 0.2) is 18.2 Å². The zero-order valence-electron chi connectivity index (χ0n) is 60.3. The Bertz CT molecular complexity index is 3200. The topological polar surface area (TPSA) is 0 Å². The van der Waals surface area contributed by atoms with Crippen LogP contribution in [0.25, 0.3) is 0 Å². The summed E-state index contributed by atoms with van der Waals surface area (Å²) in [5.41, 5.74) is -10.7. The van der Waals surface area contributed by atoms with Gasteiger partial charge in [0.1, 0.15) is 62.0 Å². The first-order valence-electron chi connectivity index (χ1n) is 33.0. The maximum absolute atomic E-state index is 15.3. The Hall–Kier alpha value is -3.16. The van der Waals surface area contributed by atoms with Crippen molar-refractivity contribution in [2.75, 3.05) is 0 Å². The lowest BCUT2D eigenvalue weighted by Gasteiger charge is -2.72. The van der Waals surface area contributed by atoms with Crippen molar-refractivity contribution in [2.45, 2.75) is 276 Å². The van der Waals surface area contributed by atoms with Gasteiger partial charge < -0.3 is 0 Å². The minimum Gasteiger partial charge on any atom is -0.210 e. The Morgan fingerprint density at radius 1 is 0.340 bits per heavy atom. The molecule has 0 aromatic heterocycles. The van der Waals surface area contributed by atoms with Crippen molar-refractivity contribution in [2.24, 2.45) is 23.2 Å². The predicted octanol–water partition coefficient (Wildman–Crippen LogP) is 22.4. The highest BCUT2D eigenvalue weighted by Gasteiger charge is 3.09. The predicted molar refractivity (Wildman–Crippen MR) is 360 cm³/mol. The Kier molecular flexibility index (Phi) is 19.5. The molecule has 0 spiro atoms. The fraction of sp³-hybridized carbons (Fsp3) is 0.662. The number of halogens is 17. The van der Waals surface area contributed by atoms with Crippen LogP contribution in [0.5, 0.6) is 0 Å². The van der Waals surface area contributed by atoms with Crippen molar-refractivity contribution in [1.29, 1.82) is 0 Å². The second kappa shape index (κ2) is 23.5. The molecule has 4 aliphatic carbocycles. The zero-order chi connectivity index (χ0) is 72.9. The van der Waals surface area contributed by atoms with Crippen molar-refractivity contribution in [1.82, 2.24) is 0 Å². The van der Waals surface area contributed by atoms with Crippen LogP contribution in [0, 0.1) is 122 Å². The molecule has 0 N–H and O–H groups in total. The lowest BCUT2D eigenvalue weighted by atomic mass is 9.12. The van der Waals surface area contributed by atoms with E-state index in [-0.39, 0.29) is 12.1 Å². The SMILES string of the molecule is CC(C)(C)[Si]([Si+]1C(C23CC4CC(CC(C4)C2)C3)[Si]1([Si](C(C)(C)C)(C(C)(C)C)C(C)(C)C)[Si](C(C)(C)C)(C(C)(C)C)C(C)(C)C)(C(C)(C)C)C(C)(C)C.Fc1ccc([B-](c2c(F)c(F)c(F)c(F)c2F)(c2c(F)c(F)c(F)c(F)c2F)c2c(F)c(F)c(F)c(F)c2F)c(F)c1. The standard InChI is InChI=1S/C47H97Si5.C24H3BF17/c1-38(2,3)50(39(4,5)6,40(7,8)9)48-37(47-31-34-28-35(32-47)30-36(29-34)33-47)49(48,51(41(10,11)12,42(13,14)15)43(16,17)18)52(44(19,20)21,45(22,23)24)46(25,26)27;26-4-1-2-5(6(27)3-4)25(7-10(28)16(34)22(40)17(35)11(7)29,8-12(30)18(36)23(41)19(37)13(8)31)9-14(32)20(38)24(42)21(39)15(9)33/h34-37H,28-33H2,1-27H3;1-3H/q+1;-1. The summed E-state index contributed by atoms with van der Waals surface area (Å²) in [4.78, 5) is 0. The van der Waals surface area contributed by atoms with E-state index < -0.39 is 170 Å². The highest BCUT2D eigenvalue weighted by Crippen LogP contribution is 2.90. The van der Waals surface area contributed by atoms with Crippen molar-refractivity contribution in [3.05, 3.63) is 117 Å². The summed E-state index contributed by atoms with van der Waals surface area (Å²) in [7, 11) is -7.68. The van der Waals surface area contributed by atoms with E-state index in [1.807, 2.05) is 0 Å². The van der Waals surface area contributed by atoms with Crippen molar-refractivity contribution >= 4 is 65.2 Å². The maximum atomic E-state index is 15.3. The lowest BCUT2D eigenvalue weighted by molar-refractivity contribution is -0.0447. The molecule has 0 radical (unpaired) electrons. The van der Waals surface area contributed by atoms with Crippen LogP contribution in [-0.4, -0.2) is 43.4 Å². The smallest absolute Gasteiger partial charge is 0.210 e. The Morgan fingerprint density at radius 3 is 0.766 bits per heavy atom. The lowest BCUT2D eigenvalue weighted by Crippen LogP contribution is -2.89. The molecule has 4 aromatic rings. The van der Waals surface area contributed by atoms with E-state index in [0.717, 1.165) is 22.9 Å². The molecule has 1 aliphatic heterocycles. The molecule has 1 heterocycles. The summed E-state index contributed by atoms with van der Waals surface area (Å²) in [6, 6.07) is -0.784. The number of hydrogen-bond acceptors (Lipinski definition) is 0. The minimum absolute atomic E-state index is 0.0704. The first kappa shape index (κ1) is 78.2. The van der Waals surface area contributed by atoms with Crippen LogP contribution < -0.4 is 21.9 Å². The van der Waals surface area contributed by atoms with Gasteiger partial charge in [0.25, 0.3) is 0 Å². The van der Waals surface area contributed by atoms with Gasteiger partial charge in [-0.2, -0.15) is 5.46 Å². The number of hydrogen-bond donors (Lipinski definition) is 0. The Morgan fingerprint density at radius 2 is 0.564 bits per heavy atom. The molecule has 0 nitrogen and oxygen atoms in total. The summed E-state index contributed by atoms with van der Waals surface area (Å²) in [6.07, 6.45) is 3.26. The third-order valence-electron chi connectivity index (χ3n) is 23.9. The molecule has 4 saturated carbocycles. The summed E-state index contributed by atoms with van der Waals surface area (Å²) in [5, 5.41) is 4.00. The molecular weight excluding hydrogens is 1330 g/mol. The summed E-state index contributed by atoms with van der Waals surface area (Å²) in [6.45, 7) is 75.0. The first-order valence-corrected chi connectivity index (χ1v) is 46.6. The van der Waals surface area contributed by atoms with E-state index in [1.54, 1.807) is 38.5 Å². The van der Waals surface area contributed by atoms with Crippen LogP contribution in [0.1, 0.15) is 225 Å². The van der Waals surface area contributed by atoms with Crippen molar-refractivity contribution in [3.8, 4) is 0 Å². The van der Waals surface area contributed by atoms with E-state index in [9.17, 15) is 43.9 Å². The largest absolute Gasteiger partial charge is 0.234 e. The Balaban J connectivity index is 0.000000272. The second-order valence-corrected chi connectivity index (χ2v) is 83.2. The molecule has 94 heavy (non-hydrogen) atoms. The van der Waals surface area contributed by atoms with Gasteiger partial charge >= 0.3 is 0 Å². The number of benzene rings is 4. The molecule has 4 aromatic carbocycles. The minimum atomic E-state index is -6.30. The summed E-state index contributed by atoms with van der Waals surface area (Å²) >= 11 is 0. The molecule has 5 aliphatic rings. The molecule has 5 fully saturated rings. The quantitative estimate of drug-likeness (QED) is 0.0714. The third kappa shape index (κ3) is 10.3.